The Balaban J connectivity index is 1.97. The number of nitrogens with zero attached hydrogens (tertiary/aromatic N) is 1. The number of ketones is 1. The zero-order valence-corrected chi connectivity index (χ0v) is 12.2. The van der Waals surface area contributed by atoms with E-state index in [1.807, 2.05) is 19.9 Å². The Kier molecular flexibility index (Phi) is 5.09. The Hall–Kier alpha value is -1.46. The Morgan fingerprint density at radius 1 is 1.35 bits per heavy atom. The normalized spacial score (nSPS) is 20.0. The highest BCUT2D eigenvalue weighted by atomic mass is 16.5. The molecule has 1 aliphatic carbocycles. The number of carbonyl (C=O) groups is 2. The maximum Gasteiger partial charge on any atom is 0.238 e. The minimum absolute atomic E-state index is 0.0575. The SMILES string of the molecule is CCC(=O)C1=C(NC(=O)CN2CCOCC2)C(C)=CC1. The summed E-state index contributed by atoms with van der Waals surface area (Å²) in [4.78, 5) is 26.0. The highest BCUT2D eigenvalue weighted by Crippen LogP contribution is 2.25. The molecule has 0 aromatic carbocycles. The van der Waals surface area contributed by atoms with E-state index in [1.165, 1.54) is 0 Å². The molecule has 0 unspecified atom stereocenters. The van der Waals surface area contributed by atoms with E-state index in [9.17, 15) is 9.59 Å². The van der Waals surface area contributed by atoms with E-state index in [0.29, 0.717) is 32.6 Å². The van der Waals surface area contributed by atoms with Gasteiger partial charge in [-0.2, -0.15) is 0 Å². The molecule has 0 aromatic heterocycles. The summed E-state index contributed by atoms with van der Waals surface area (Å²) in [5.41, 5.74) is 2.44. The largest absolute Gasteiger partial charge is 0.379 e. The van der Waals surface area contributed by atoms with Crippen LogP contribution in [0, 0.1) is 0 Å². The molecule has 0 radical (unpaired) electrons. The number of allylic oxidation sites excluding steroid dienone is 3. The summed E-state index contributed by atoms with van der Waals surface area (Å²) >= 11 is 0. The van der Waals surface area contributed by atoms with Crippen LogP contribution in [0.4, 0.5) is 0 Å². The summed E-state index contributed by atoms with van der Waals surface area (Å²) < 4.78 is 5.26. The van der Waals surface area contributed by atoms with Gasteiger partial charge in [-0.1, -0.05) is 13.0 Å². The van der Waals surface area contributed by atoms with Crippen LogP contribution in [0.3, 0.4) is 0 Å². The summed E-state index contributed by atoms with van der Waals surface area (Å²) in [6.07, 6.45) is 3.10. The molecule has 20 heavy (non-hydrogen) atoms. The van der Waals surface area contributed by atoms with Crippen molar-refractivity contribution < 1.29 is 14.3 Å². The molecule has 1 fully saturated rings. The van der Waals surface area contributed by atoms with Gasteiger partial charge in [0.15, 0.2) is 5.78 Å². The molecule has 1 saturated heterocycles. The topological polar surface area (TPSA) is 58.6 Å². The number of amides is 1. The van der Waals surface area contributed by atoms with Gasteiger partial charge in [0.2, 0.25) is 5.91 Å². The molecule has 1 heterocycles. The third-order valence-electron chi connectivity index (χ3n) is 3.70. The molecule has 1 aliphatic heterocycles. The Labute approximate surface area is 119 Å². The molecule has 0 bridgehead atoms. The quantitative estimate of drug-likeness (QED) is 0.815. The van der Waals surface area contributed by atoms with E-state index in [-0.39, 0.29) is 11.7 Å². The van der Waals surface area contributed by atoms with Gasteiger partial charge in [-0.15, -0.1) is 0 Å². The van der Waals surface area contributed by atoms with Gasteiger partial charge in [0, 0.05) is 25.1 Å². The lowest BCUT2D eigenvalue weighted by Crippen LogP contribution is -2.43. The van der Waals surface area contributed by atoms with Crippen LogP contribution in [0.15, 0.2) is 22.9 Å². The number of ether oxygens (including phenoxy) is 1. The molecule has 1 amide bonds. The lowest BCUT2D eigenvalue weighted by atomic mass is 10.1. The highest BCUT2D eigenvalue weighted by Gasteiger charge is 2.22. The molecule has 2 rings (SSSR count). The van der Waals surface area contributed by atoms with E-state index in [4.69, 9.17) is 4.74 Å². The Bertz CT molecular complexity index is 460. The van der Waals surface area contributed by atoms with Crippen molar-refractivity contribution in [2.75, 3.05) is 32.8 Å². The maximum atomic E-state index is 12.1. The fraction of sp³-hybridized carbons (Fsp3) is 0.600. The van der Waals surface area contributed by atoms with Crippen LogP contribution in [0.25, 0.3) is 0 Å². The number of Topliss-reactive ketones (excluding diaryl/α,β-unsaturated/α-hetero) is 1. The van der Waals surface area contributed by atoms with Crippen molar-refractivity contribution in [1.29, 1.82) is 0 Å². The molecule has 0 aromatic rings. The van der Waals surface area contributed by atoms with Crippen molar-refractivity contribution in [2.24, 2.45) is 0 Å². The van der Waals surface area contributed by atoms with E-state index >= 15 is 0 Å². The van der Waals surface area contributed by atoms with Crippen molar-refractivity contribution >= 4 is 11.7 Å². The van der Waals surface area contributed by atoms with Crippen molar-refractivity contribution in [1.82, 2.24) is 10.2 Å². The molecule has 5 heteroatoms. The number of carbonyl (C=O) groups excluding carboxylic acids is 2. The fourth-order valence-corrected chi connectivity index (χ4v) is 2.48. The maximum absolute atomic E-state index is 12.1. The number of hydrogen-bond acceptors (Lipinski definition) is 4. The Morgan fingerprint density at radius 2 is 2.05 bits per heavy atom. The van der Waals surface area contributed by atoms with Crippen molar-refractivity contribution in [3.05, 3.63) is 22.9 Å². The average molecular weight is 278 g/mol. The predicted octanol–water partition coefficient (Wildman–Crippen LogP) is 1.02. The molecule has 2 aliphatic rings. The van der Waals surface area contributed by atoms with E-state index in [2.05, 4.69) is 10.2 Å². The second-order valence-corrected chi connectivity index (χ2v) is 5.16. The Morgan fingerprint density at radius 3 is 2.70 bits per heavy atom. The van der Waals surface area contributed by atoms with Crippen LogP contribution in [-0.4, -0.2) is 49.4 Å². The highest BCUT2D eigenvalue weighted by molar-refractivity contribution is 5.98. The standard InChI is InChI=1S/C15H22N2O3/c1-3-13(18)12-5-4-11(2)15(12)16-14(19)10-17-6-8-20-9-7-17/h4H,3,5-10H2,1-2H3,(H,16,19). The molecule has 0 atom stereocenters. The number of nitrogens with one attached hydrogen (secondary N) is 1. The molecular formula is C15H22N2O3. The van der Waals surface area contributed by atoms with Crippen LogP contribution in [0.5, 0.6) is 0 Å². The first-order valence-electron chi connectivity index (χ1n) is 7.15. The minimum atomic E-state index is -0.0575. The van der Waals surface area contributed by atoms with Crippen molar-refractivity contribution in [2.45, 2.75) is 26.7 Å². The second kappa shape index (κ2) is 6.81. The fourth-order valence-electron chi connectivity index (χ4n) is 2.48. The van der Waals surface area contributed by atoms with Crippen LogP contribution < -0.4 is 5.32 Å². The van der Waals surface area contributed by atoms with Gasteiger partial charge in [0.05, 0.1) is 25.5 Å². The summed E-state index contributed by atoms with van der Waals surface area (Å²) in [6.45, 7) is 7.04. The zero-order chi connectivity index (χ0) is 14.5. The van der Waals surface area contributed by atoms with Gasteiger partial charge < -0.3 is 10.1 Å². The minimum Gasteiger partial charge on any atom is -0.379 e. The van der Waals surface area contributed by atoms with Crippen LogP contribution in [0.1, 0.15) is 26.7 Å². The summed E-state index contributed by atoms with van der Waals surface area (Å²) in [6, 6.07) is 0. The first-order valence-corrected chi connectivity index (χ1v) is 7.15. The lowest BCUT2D eigenvalue weighted by Gasteiger charge is -2.26. The van der Waals surface area contributed by atoms with Gasteiger partial charge in [0.1, 0.15) is 0 Å². The lowest BCUT2D eigenvalue weighted by molar-refractivity contribution is -0.122. The van der Waals surface area contributed by atoms with Crippen molar-refractivity contribution in [3.8, 4) is 0 Å². The molecule has 1 N–H and O–H groups in total. The summed E-state index contributed by atoms with van der Waals surface area (Å²) in [7, 11) is 0. The van der Waals surface area contributed by atoms with E-state index in [0.717, 1.165) is 29.9 Å². The summed E-state index contributed by atoms with van der Waals surface area (Å²) in [5.74, 6) is 0.0534. The predicted molar refractivity (Wildman–Crippen MR) is 76.1 cm³/mol. The number of hydrogen-bond donors (Lipinski definition) is 1. The van der Waals surface area contributed by atoms with E-state index in [1.54, 1.807) is 0 Å². The molecular weight excluding hydrogens is 256 g/mol. The van der Waals surface area contributed by atoms with Crippen molar-refractivity contribution in [3.63, 3.8) is 0 Å². The first kappa shape index (κ1) is 14.9. The third-order valence-corrected chi connectivity index (χ3v) is 3.70. The number of morpholine rings is 1. The van der Waals surface area contributed by atoms with Crippen LogP contribution in [-0.2, 0) is 14.3 Å². The third kappa shape index (κ3) is 3.55. The van der Waals surface area contributed by atoms with Crippen LogP contribution >= 0.6 is 0 Å². The first-order chi connectivity index (χ1) is 9.61. The monoisotopic (exact) mass is 278 g/mol. The van der Waals surface area contributed by atoms with E-state index < -0.39 is 0 Å². The van der Waals surface area contributed by atoms with Gasteiger partial charge in [0.25, 0.3) is 0 Å². The van der Waals surface area contributed by atoms with Gasteiger partial charge >= 0.3 is 0 Å². The number of rotatable bonds is 5. The molecule has 5 nitrogen and oxygen atoms in total. The average Bonchev–Trinajstić information content (AvgIpc) is 2.80. The summed E-state index contributed by atoms with van der Waals surface area (Å²) in [5, 5.41) is 2.91. The second-order valence-electron chi connectivity index (χ2n) is 5.16. The smallest absolute Gasteiger partial charge is 0.238 e. The van der Waals surface area contributed by atoms with Gasteiger partial charge in [-0.3, -0.25) is 14.5 Å². The molecule has 110 valence electrons. The van der Waals surface area contributed by atoms with Gasteiger partial charge in [-0.25, -0.2) is 0 Å². The molecule has 0 saturated carbocycles. The zero-order valence-electron chi connectivity index (χ0n) is 12.2. The van der Waals surface area contributed by atoms with Crippen LogP contribution in [0.2, 0.25) is 0 Å². The van der Waals surface area contributed by atoms with Gasteiger partial charge in [-0.05, 0) is 18.9 Å². The molecule has 0 spiro atoms.